The maximum absolute atomic E-state index is 12.7. The number of rotatable bonds is 6. The molecule has 4 N–H and O–H groups in total. The van der Waals surface area contributed by atoms with Crippen LogP contribution < -0.4 is 16.4 Å². The zero-order valence-electron chi connectivity index (χ0n) is 15.2. The Morgan fingerprint density at radius 1 is 1.19 bits per heavy atom. The van der Waals surface area contributed by atoms with E-state index in [4.69, 9.17) is 5.73 Å². The molecule has 0 spiro atoms. The number of carbonyl (C=O) groups excluding carboxylic acids is 2. The number of amides is 3. The number of fused-ring (bicyclic) bond motifs is 1. The fourth-order valence-electron chi connectivity index (χ4n) is 2.85. The van der Waals surface area contributed by atoms with Gasteiger partial charge in [-0.3, -0.25) is 4.79 Å². The van der Waals surface area contributed by atoms with Gasteiger partial charge in [0.05, 0.1) is 18.1 Å². The van der Waals surface area contributed by atoms with Gasteiger partial charge in [-0.05, 0) is 25.5 Å². The van der Waals surface area contributed by atoms with Crippen molar-refractivity contribution in [3.05, 3.63) is 54.4 Å². The SMILES string of the molecule is CC(C)n1ncc2cc(NC(=O)C(Cc3ccccc3)NC(N)=O)cnc21. The molecule has 0 saturated heterocycles. The summed E-state index contributed by atoms with van der Waals surface area (Å²) in [6.07, 6.45) is 3.61. The molecule has 2 heterocycles. The summed E-state index contributed by atoms with van der Waals surface area (Å²) in [6.45, 7) is 4.04. The van der Waals surface area contributed by atoms with E-state index < -0.39 is 12.1 Å². The molecule has 2 aromatic heterocycles. The topological polar surface area (TPSA) is 115 Å². The van der Waals surface area contributed by atoms with Crippen molar-refractivity contribution in [2.75, 3.05) is 5.32 Å². The van der Waals surface area contributed by atoms with Crippen molar-refractivity contribution in [3.8, 4) is 0 Å². The average molecular weight is 366 g/mol. The lowest BCUT2D eigenvalue weighted by Crippen LogP contribution is -2.47. The van der Waals surface area contributed by atoms with Crippen LogP contribution in [-0.4, -0.2) is 32.7 Å². The molecule has 3 amide bonds. The van der Waals surface area contributed by atoms with Crippen LogP contribution in [0.15, 0.2) is 48.8 Å². The van der Waals surface area contributed by atoms with Gasteiger partial charge in [0.2, 0.25) is 5.91 Å². The van der Waals surface area contributed by atoms with Crippen molar-refractivity contribution >= 4 is 28.7 Å². The molecule has 1 aromatic carbocycles. The lowest BCUT2D eigenvalue weighted by molar-refractivity contribution is -0.117. The van der Waals surface area contributed by atoms with Gasteiger partial charge in [-0.2, -0.15) is 5.10 Å². The fraction of sp³-hybridized carbons (Fsp3) is 0.263. The van der Waals surface area contributed by atoms with Gasteiger partial charge in [0.1, 0.15) is 6.04 Å². The molecule has 1 atom stereocenters. The highest BCUT2D eigenvalue weighted by molar-refractivity contribution is 5.98. The number of nitrogens with zero attached hydrogens (tertiary/aromatic N) is 3. The minimum Gasteiger partial charge on any atom is -0.352 e. The minimum absolute atomic E-state index is 0.186. The molecule has 140 valence electrons. The third kappa shape index (κ3) is 4.41. The third-order valence-electron chi connectivity index (χ3n) is 4.11. The number of anilines is 1. The van der Waals surface area contributed by atoms with Crippen LogP contribution in [0.2, 0.25) is 0 Å². The zero-order valence-corrected chi connectivity index (χ0v) is 15.2. The van der Waals surface area contributed by atoms with Crippen molar-refractivity contribution in [2.24, 2.45) is 5.73 Å². The van der Waals surface area contributed by atoms with Crippen molar-refractivity contribution in [2.45, 2.75) is 32.4 Å². The van der Waals surface area contributed by atoms with E-state index in [9.17, 15) is 9.59 Å². The number of primary amides is 1. The molecule has 8 nitrogen and oxygen atoms in total. The van der Waals surface area contributed by atoms with Gasteiger partial charge in [-0.15, -0.1) is 0 Å². The number of nitrogens with one attached hydrogen (secondary N) is 2. The van der Waals surface area contributed by atoms with E-state index in [0.717, 1.165) is 16.6 Å². The van der Waals surface area contributed by atoms with Gasteiger partial charge < -0.3 is 16.4 Å². The summed E-state index contributed by atoms with van der Waals surface area (Å²) in [5.41, 5.74) is 7.42. The Hall–Kier alpha value is -3.42. The lowest BCUT2D eigenvalue weighted by atomic mass is 10.1. The largest absolute Gasteiger partial charge is 0.352 e. The first-order valence-corrected chi connectivity index (χ1v) is 8.68. The molecular formula is C19H22N6O2. The maximum Gasteiger partial charge on any atom is 0.312 e. The summed E-state index contributed by atoms with van der Waals surface area (Å²) in [6, 6.07) is 9.85. The van der Waals surface area contributed by atoms with Gasteiger partial charge in [-0.1, -0.05) is 30.3 Å². The first-order chi connectivity index (χ1) is 12.9. The summed E-state index contributed by atoms with van der Waals surface area (Å²) in [5.74, 6) is -0.366. The Morgan fingerprint density at radius 3 is 2.59 bits per heavy atom. The van der Waals surface area contributed by atoms with Crippen LogP contribution in [0.3, 0.4) is 0 Å². The number of aromatic nitrogens is 3. The average Bonchev–Trinajstić information content (AvgIpc) is 3.05. The molecule has 0 aliphatic carbocycles. The van der Waals surface area contributed by atoms with Crippen LogP contribution in [0.5, 0.6) is 0 Å². The molecule has 0 aliphatic heterocycles. The number of nitrogens with two attached hydrogens (primary N) is 1. The predicted molar refractivity (Wildman–Crippen MR) is 103 cm³/mol. The molecule has 0 radical (unpaired) electrons. The van der Waals surface area contributed by atoms with Crippen LogP contribution in [0.25, 0.3) is 11.0 Å². The normalized spacial score (nSPS) is 12.1. The van der Waals surface area contributed by atoms with Crippen LogP contribution in [-0.2, 0) is 11.2 Å². The van der Waals surface area contributed by atoms with Gasteiger partial charge in [0.25, 0.3) is 0 Å². The van der Waals surface area contributed by atoms with E-state index in [-0.39, 0.29) is 11.9 Å². The van der Waals surface area contributed by atoms with E-state index in [2.05, 4.69) is 20.7 Å². The Bertz CT molecular complexity index is 951. The number of benzene rings is 1. The molecule has 3 rings (SSSR count). The number of pyridine rings is 1. The highest BCUT2D eigenvalue weighted by Gasteiger charge is 2.21. The fourth-order valence-corrected chi connectivity index (χ4v) is 2.85. The number of hydrogen-bond acceptors (Lipinski definition) is 4. The van der Waals surface area contributed by atoms with Crippen LogP contribution in [0.1, 0.15) is 25.5 Å². The standard InChI is InChI=1S/C19H22N6O2/c1-12(2)25-17-14(10-22-25)9-15(11-21-17)23-18(26)16(24-19(20)27)8-13-6-4-3-5-7-13/h3-7,9-12,16H,8H2,1-2H3,(H,23,26)(H3,20,24,27). The lowest BCUT2D eigenvalue weighted by Gasteiger charge is -2.17. The molecular weight excluding hydrogens is 344 g/mol. The Labute approximate surface area is 156 Å². The van der Waals surface area contributed by atoms with Crippen molar-refractivity contribution in [1.29, 1.82) is 0 Å². The highest BCUT2D eigenvalue weighted by atomic mass is 16.2. The molecule has 27 heavy (non-hydrogen) atoms. The number of urea groups is 1. The number of carbonyl (C=O) groups is 2. The summed E-state index contributed by atoms with van der Waals surface area (Å²) in [4.78, 5) is 28.4. The van der Waals surface area contributed by atoms with Crippen molar-refractivity contribution in [3.63, 3.8) is 0 Å². The highest BCUT2D eigenvalue weighted by Crippen LogP contribution is 2.19. The van der Waals surface area contributed by atoms with Gasteiger partial charge in [-0.25, -0.2) is 14.5 Å². The summed E-state index contributed by atoms with van der Waals surface area (Å²) in [7, 11) is 0. The third-order valence-corrected chi connectivity index (χ3v) is 4.11. The zero-order chi connectivity index (χ0) is 19.4. The molecule has 3 aromatic rings. The van der Waals surface area contributed by atoms with E-state index in [0.29, 0.717) is 12.1 Å². The van der Waals surface area contributed by atoms with Gasteiger partial charge >= 0.3 is 6.03 Å². The van der Waals surface area contributed by atoms with Crippen molar-refractivity contribution < 1.29 is 9.59 Å². The van der Waals surface area contributed by atoms with E-state index in [1.807, 2.05) is 48.9 Å². The number of hydrogen-bond donors (Lipinski definition) is 3. The first kappa shape index (κ1) is 18.4. The monoisotopic (exact) mass is 366 g/mol. The summed E-state index contributed by atoms with van der Waals surface area (Å²) in [5, 5.41) is 10.4. The van der Waals surface area contributed by atoms with E-state index >= 15 is 0 Å². The second-order valence-electron chi connectivity index (χ2n) is 6.56. The molecule has 0 aliphatic rings. The van der Waals surface area contributed by atoms with E-state index in [1.54, 1.807) is 18.5 Å². The maximum atomic E-state index is 12.7. The minimum atomic E-state index is -0.793. The molecule has 1 unspecified atom stereocenters. The molecule has 0 bridgehead atoms. The Kier molecular flexibility index (Phi) is 5.35. The van der Waals surface area contributed by atoms with Crippen molar-refractivity contribution in [1.82, 2.24) is 20.1 Å². The quantitative estimate of drug-likeness (QED) is 0.620. The molecule has 0 saturated carbocycles. The second kappa shape index (κ2) is 7.86. The molecule has 0 fully saturated rings. The summed E-state index contributed by atoms with van der Waals surface area (Å²) < 4.78 is 1.81. The first-order valence-electron chi connectivity index (χ1n) is 8.68. The van der Waals surface area contributed by atoms with Gasteiger partial charge in [0.15, 0.2) is 5.65 Å². The van der Waals surface area contributed by atoms with E-state index in [1.165, 1.54) is 0 Å². The molecule has 8 heteroatoms. The smallest absolute Gasteiger partial charge is 0.312 e. The van der Waals surface area contributed by atoms with Gasteiger partial charge in [0, 0.05) is 17.8 Å². The second-order valence-corrected chi connectivity index (χ2v) is 6.56. The Morgan fingerprint density at radius 2 is 1.93 bits per heavy atom. The van der Waals surface area contributed by atoms with Crippen LogP contribution in [0.4, 0.5) is 10.5 Å². The predicted octanol–water partition coefficient (Wildman–Crippen LogP) is 2.23. The summed E-state index contributed by atoms with van der Waals surface area (Å²) >= 11 is 0. The van der Waals surface area contributed by atoms with Crippen LogP contribution in [0, 0.1) is 0 Å². The van der Waals surface area contributed by atoms with Crippen LogP contribution >= 0.6 is 0 Å². The Balaban J connectivity index is 1.78.